The zero-order valence-electron chi connectivity index (χ0n) is 8.11. The van der Waals surface area contributed by atoms with Crippen LogP contribution in [-0.2, 0) is 4.79 Å². The second kappa shape index (κ2) is 5.92. The third kappa shape index (κ3) is 4.99. The second-order valence-corrected chi connectivity index (χ2v) is 4.84. The summed E-state index contributed by atoms with van der Waals surface area (Å²) in [6, 6.07) is 3.80. The van der Waals surface area contributed by atoms with Gasteiger partial charge in [-0.1, -0.05) is 5.57 Å². The number of aliphatic carboxylic acids is 1. The Balaban J connectivity index is 2.50. The first-order chi connectivity index (χ1) is 7.08. The summed E-state index contributed by atoms with van der Waals surface area (Å²) in [5.74, 6) is -0.266. The minimum absolute atomic E-state index is 0.640. The number of halogens is 1. The number of hydrogen-bond donors (Lipinski definition) is 1. The molecule has 1 aromatic rings. The molecule has 1 rings (SSSR count). The molecule has 1 aromatic heterocycles. The van der Waals surface area contributed by atoms with Crippen molar-refractivity contribution in [1.29, 1.82) is 0 Å². The van der Waals surface area contributed by atoms with Gasteiger partial charge in [-0.25, -0.2) is 9.78 Å². The number of carboxylic acid groups (broad SMARTS) is 1. The summed E-state index contributed by atoms with van der Waals surface area (Å²) in [6.45, 7) is 1.79. The number of hydrogen-bond acceptors (Lipinski definition) is 3. The van der Waals surface area contributed by atoms with Crippen LogP contribution in [0.1, 0.15) is 6.92 Å². The van der Waals surface area contributed by atoms with Crippen LogP contribution >= 0.6 is 27.7 Å². The molecule has 1 N–H and O–H groups in total. The summed E-state index contributed by atoms with van der Waals surface area (Å²) >= 11 is 4.81. The quantitative estimate of drug-likeness (QED) is 0.683. The molecular formula is C10H10BrNO2S. The van der Waals surface area contributed by atoms with E-state index in [0.29, 0.717) is 5.75 Å². The molecule has 5 heteroatoms. The number of aromatic nitrogens is 1. The maximum Gasteiger partial charge on any atom is 0.328 e. The number of carboxylic acids is 1. The highest BCUT2D eigenvalue weighted by Gasteiger charge is 1.98. The molecule has 3 nitrogen and oxygen atoms in total. The molecule has 0 saturated heterocycles. The van der Waals surface area contributed by atoms with Gasteiger partial charge in [0, 0.05) is 22.5 Å². The molecule has 80 valence electrons. The van der Waals surface area contributed by atoms with Crippen LogP contribution in [0.3, 0.4) is 0 Å². The Bertz CT molecular complexity index is 376. The van der Waals surface area contributed by atoms with E-state index in [4.69, 9.17) is 5.11 Å². The van der Waals surface area contributed by atoms with Gasteiger partial charge >= 0.3 is 5.97 Å². The average molecular weight is 288 g/mol. The van der Waals surface area contributed by atoms with Gasteiger partial charge in [0.1, 0.15) is 0 Å². The van der Waals surface area contributed by atoms with E-state index in [-0.39, 0.29) is 0 Å². The number of rotatable bonds is 4. The highest BCUT2D eigenvalue weighted by molar-refractivity contribution is 9.10. The molecule has 0 spiro atoms. The van der Waals surface area contributed by atoms with E-state index in [0.717, 1.165) is 15.1 Å². The normalized spacial score (nSPS) is 11.5. The Morgan fingerprint density at radius 3 is 2.93 bits per heavy atom. The molecule has 1 heterocycles. The summed E-state index contributed by atoms with van der Waals surface area (Å²) in [5.41, 5.74) is 0.817. The summed E-state index contributed by atoms with van der Waals surface area (Å²) in [5, 5.41) is 9.40. The predicted octanol–water partition coefficient (Wildman–Crippen LogP) is 2.97. The third-order valence-electron chi connectivity index (χ3n) is 1.52. The van der Waals surface area contributed by atoms with Crippen molar-refractivity contribution in [1.82, 2.24) is 4.98 Å². The van der Waals surface area contributed by atoms with Gasteiger partial charge in [0.25, 0.3) is 0 Å². The lowest BCUT2D eigenvalue weighted by atomic mass is 10.3. The van der Waals surface area contributed by atoms with Crippen LogP contribution in [0.25, 0.3) is 0 Å². The molecule has 0 fully saturated rings. The zero-order valence-corrected chi connectivity index (χ0v) is 10.5. The van der Waals surface area contributed by atoms with Crippen LogP contribution in [0.5, 0.6) is 0 Å². The second-order valence-electron chi connectivity index (χ2n) is 2.93. The van der Waals surface area contributed by atoms with Gasteiger partial charge in [-0.2, -0.15) is 0 Å². The van der Waals surface area contributed by atoms with Crippen molar-refractivity contribution >= 4 is 33.7 Å². The minimum atomic E-state index is -0.906. The molecule has 0 amide bonds. The lowest BCUT2D eigenvalue weighted by molar-refractivity contribution is -0.131. The van der Waals surface area contributed by atoms with Gasteiger partial charge in [0.15, 0.2) is 0 Å². The van der Waals surface area contributed by atoms with Crippen molar-refractivity contribution in [3.63, 3.8) is 0 Å². The van der Waals surface area contributed by atoms with Crippen LogP contribution < -0.4 is 0 Å². The van der Waals surface area contributed by atoms with Crippen molar-refractivity contribution in [2.24, 2.45) is 0 Å². The summed E-state index contributed by atoms with van der Waals surface area (Å²) in [7, 11) is 0. The van der Waals surface area contributed by atoms with Crippen molar-refractivity contribution in [3.8, 4) is 0 Å². The minimum Gasteiger partial charge on any atom is -0.478 e. The fourth-order valence-electron chi connectivity index (χ4n) is 0.888. The Morgan fingerprint density at radius 2 is 2.40 bits per heavy atom. The van der Waals surface area contributed by atoms with E-state index in [2.05, 4.69) is 20.9 Å². The van der Waals surface area contributed by atoms with Crippen molar-refractivity contribution in [2.75, 3.05) is 5.75 Å². The van der Waals surface area contributed by atoms with E-state index in [1.54, 1.807) is 13.1 Å². The molecule has 0 radical (unpaired) electrons. The van der Waals surface area contributed by atoms with Gasteiger partial charge in [0.05, 0.1) is 5.03 Å². The Kier molecular flexibility index (Phi) is 4.84. The monoisotopic (exact) mass is 287 g/mol. The van der Waals surface area contributed by atoms with Crippen LogP contribution in [0.4, 0.5) is 0 Å². The largest absolute Gasteiger partial charge is 0.478 e. The van der Waals surface area contributed by atoms with Crippen molar-refractivity contribution < 1.29 is 9.90 Å². The van der Waals surface area contributed by atoms with Gasteiger partial charge in [0.2, 0.25) is 0 Å². The average Bonchev–Trinajstić information content (AvgIpc) is 2.16. The Hall–Kier alpha value is -0.810. The van der Waals surface area contributed by atoms with E-state index < -0.39 is 5.97 Å². The first-order valence-electron chi connectivity index (χ1n) is 4.22. The molecule has 0 bridgehead atoms. The van der Waals surface area contributed by atoms with E-state index in [9.17, 15) is 4.79 Å². The van der Waals surface area contributed by atoms with Crippen LogP contribution in [0.2, 0.25) is 0 Å². The molecule has 0 atom stereocenters. The summed E-state index contributed by atoms with van der Waals surface area (Å²) < 4.78 is 0.935. The van der Waals surface area contributed by atoms with Crippen LogP contribution in [0, 0.1) is 0 Å². The standard InChI is InChI=1S/C10H10BrNO2S/c1-7(4-10(13)14)6-15-9-3-2-8(11)5-12-9/h2-5H,6H2,1H3,(H,13,14). The van der Waals surface area contributed by atoms with Crippen LogP contribution in [-0.4, -0.2) is 21.8 Å². The first kappa shape index (κ1) is 12.3. The topological polar surface area (TPSA) is 50.2 Å². The maximum absolute atomic E-state index is 10.4. The van der Waals surface area contributed by atoms with Gasteiger partial charge in [-0.15, -0.1) is 11.8 Å². The SMILES string of the molecule is CC(=CC(=O)O)CSc1ccc(Br)cn1. The van der Waals surface area contributed by atoms with E-state index >= 15 is 0 Å². The zero-order chi connectivity index (χ0) is 11.3. The number of pyridine rings is 1. The number of nitrogens with zero attached hydrogens (tertiary/aromatic N) is 1. The Morgan fingerprint density at radius 1 is 1.67 bits per heavy atom. The van der Waals surface area contributed by atoms with Crippen molar-refractivity contribution in [2.45, 2.75) is 11.9 Å². The molecule has 0 aliphatic rings. The smallest absolute Gasteiger partial charge is 0.328 e. The molecule has 0 aliphatic carbocycles. The molecular weight excluding hydrogens is 278 g/mol. The van der Waals surface area contributed by atoms with Gasteiger partial charge in [-0.05, 0) is 35.0 Å². The fraction of sp³-hybridized carbons (Fsp3) is 0.200. The highest BCUT2D eigenvalue weighted by Crippen LogP contribution is 2.19. The lowest BCUT2D eigenvalue weighted by Gasteiger charge is -2.00. The Labute approximate surface area is 101 Å². The van der Waals surface area contributed by atoms with Gasteiger partial charge < -0.3 is 5.11 Å². The summed E-state index contributed by atoms with van der Waals surface area (Å²) in [6.07, 6.45) is 2.93. The molecule has 0 unspecified atom stereocenters. The molecule has 15 heavy (non-hydrogen) atoms. The predicted molar refractivity (Wildman–Crippen MR) is 64.1 cm³/mol. The van der Waals surface area contributed by atoms with Gasteiger partial charge in [-0.3, -0.25) is 0 Å². The number of carbonyl (C=O) groups is 1. The molecule has 0 aromatic carbocycles. The number of thioether (sulfide) groups is 1. The summed E-state index contributed by atoms with van der Waals surface area (Å²) in [4.78, 5) is 14.5. The van der Waals surface area contributed by atoms with Crippen LogP contribution in [0.15, 0.2) is 39.5 Å². The third-order valence-corrected chi connectivity index (χ3v) is 3.12. The van der Waals surface area contributed by atoms with Crippen molar-refractivity contribution in [3.05, 3.63) is 34.5 Å². The molecule has 0 aliphatic heterocycles. The first-order valence-corrected chi connectivity index (χ1v) is 6.00. The molecule has 0 saturated carbocycles. The van der Waals surface area contributed by atoms with E-state index in [1.165, 1.54) is 17.8 Å². The lowest BCUT2D eigenvalue weighted by Crippen LogP contribution is -1.92. The highest BCUT2D eigenvalue weighted by atomic mass is 79.9. The van der Waals surface area contributed by atoms with E-state index in [1.807, 2.05) is 12.1 Å². The maximum atomic E-state index is 10.4. The fourth-order valence-corrected chi connectivity index (χ4v) is 1.87.